The second-order valence-corrected chi connectivity index (χ2v) is 6.80. The van der Waals surface area contributed by atoms with Crippen LogP contribution in [0.25, 0.3) is 33.3 Å². The molecule has 0 unspecified atom stereocenters. The van der Waals surface area contributed by atoms with Gasteiger partial charge in [-0.25, -0.2) is 4.98 Å². The van der Waals surface area contributed by atoms with Crippen molar-refractivity contribution in [3.8, 4) is 11.4 Å². The Morgan fingerprint density at radius 2 is 1.85 bits per heavy atom. The Balaban J connectivity index is 1.87. The van der Waals surface area contributed by atoms with Gasteiger partial charge in [0, 0.05) is 24.2 Å². The van der Waals surface area contributed by atoms with E-state index in [1.54, 1.807) is 0 Å². The first-order valence-electron chi connectivity index (χ1n) is 8.83. The number of imidazole rings is 1. The van der Waals surface area contributed by atoms with Crippen LogP contribution in [-0.2, 0) is 0 Å². The lowest BCUT2D eigenvalue weighted by Crippen LogP contribution is -2.21. The number of aromatic nitrogens is 3. The number of benzene rings is 2. The number of nitrogens with zero attached hydrogens (tertiary/aromatic N) is 2. The Hall–Kier alpha value is -3.32. The number of nitrogens with one attached hydrogen (secondary N) is 3. The van der Waals surface area contributed by atoms with Crippen LogP contribution in [0.5, 0.6) is 0 Å². The highest BCUT2D eigenvalue weighted by Gasteiger charge is 2.17. The van der Waals surface area contributed by atoms with Crippen LogP contribution in [-0.4, -0.2) is 47.0 Å². The van der Waals surface area contributed by atoms with Gasteiger partial charge in [-0.3, -0.25) is 4.79 Å². The first kappa shape index (κ1) is 17.1. The molecule has 0 saturated carbocycles. The summed E-state index contributed by atoms with van der Waals surface area (Å²) in [5, 5.41) is 4.21. The van der Waals surface area contributed by atoms with E-state index >= 15 is 0 Å². The number of likely N-dealkylation sites (N-methyl/N-ethyl adjacent to an activating group) is 1. The van der Waals surface area contributed by atoms with Gasteiger partial charge in [0.2, 0.25) is 0 Å². The standard InChI is InChI=1S/C20H22N6O/c1-26(2)11-10-22-14-8-5-9-15-16(14)18(21)17(20(27)25-15)19-23-12-6-3-4-7-13(12)24-19/h3-9,22H,10-11H2,1-2H3,(H,23,24)(H3,21,25,27). The van der Waals surface area contributed by atoms with E-state index in [2.05, 4.69) is 25.2 Å². The van der Waals surface area contributed by atoms with E-state index in [4.69, 9.17) is 5.73 Å². The normalized spacial score (nSPS) is 11.5. The molecule has 0 saturated heterocycles. The molecule has 2 aromatic carbocycles. The smallest absolute Gasteiger partial charge is 0.261 e. The summed E-state index contributed by atoms with van der Waals surface area (Å²) in [5.41, 5.74) is 10.2. The second kappa shape index (κ2) is 6.77. The third-order valence-electron chi connectivity index (χ3n) is 4.58. The number of rotatable bonds is 5. The summed E-state index contributed by atoms with van der Waals surface area (Å²) in [6, 6.07) is 13.4. The molecule has 0 aliphatic carbocycles. The second-order valence-electron chi connectivity index (χ2n) is 6.80. The fourth-order valence-electron chi connectivity index (χ4n) is 3.25. The predicted octanol–water partition coefficient (Wildman–Crippen LogP) is 2.63. The van der Waals surface area contributed by atoms with Crippen molar-refractivity contribution in [1.82, 2.24) is 19.9 Å². The van der Waals surface area contributed by atoms with Gasteiger partial charge in [-0.2, -0.15) is 0 Å². The minimum absolute atomic E-state index is 0.260. The molecule has 0 aliphatic heterocycles. The van der Waals surface area contributed by atoms with Crippen LogP contribution in [0.2, 0.25) is 0 Å². The molecule has 0 amide bonds. The van der Waals surface area contributed by atoms with E-state index in [-0.39, 0.29) is 5.56 Å². The van der Waals surface area contributed by atoms with Gasteiger partial charge in [-0.1, -0.05) is 18.2 Å². The highest BCUT2D eigenvalue weighted by Crippen LogP contribution is 2.32. The first-order chi connectivity index (χ1) is 13.0. The van der Waals surface area contributed by atoms with Crippen LogP contribution in [0.1, 0.15) is 0 Å². The lowest BCUT2D eigenvalue weighted by atomic mass is 10.1. The van der Waals surface area contributed by atoms with Crippen LogP contribution in [0.4, 0.5) is 11.4 Å². The van der Waals surface area contributed by atoms with Gasteiger partial charge in [0.05, 0.1) is 22.2 Å². The molecule has 2 heterocycles. The number of nitrogens with two attached hydrogens (primary N) is 1. The van der Waals surface area contributed by atoms with Crippen molar-refractivity contribution in [2.45, 2.75) is 0 Å². The molecule has 2 aromatic heterocycles. The van der Waals surface area contributed by atoms with Crippen molar-refractivity contribution in [3.63, 3.8) is 0 Å². The van der Waals surface area contributed by atoms with Gasteiger partial charge in [-0.05, 0) is 38.4 Å². The number of anilines is 2. The summed E-state index contributed by atoms with van der Waals surface area (Å²) in [5.74, 6) is 0.472. The lowest BCUT2D eigenvalue weighted by Gasteiger charge is -2.15. The fourth-order valence-corrected chi connectivity index (χ4v) is 3.25. The number of hydrogen-bond acceptors (Lipinski definition) is 5. The minimum Gasteiger partial charge on any atom is -0.397 e. The first-order valence-corrected chi connectivity index (χ1v) is 8.83. The van der Waals surface area contributed by atoms with E-state index in [0.29, 0.717) is 22.6 Å². The van der Waals surface area contributed by atoms with E-state index in [0.717, 1.165) is 35.2 Å². The molecular formula is C20H22N6O. The van der Waals surface area contributed by atoms with Gasteiger partial charge < -0.3 is 25.9 Å². The van der Waals surface area contributed by atoms with Crippen LogP contribution >= 0.6 is 0 Å². The van der Waals surface area contributed by atoms with Crippen molar-refractivity contribution in [2.75, 3.05) is 38.2 Å². The SMILES string of the molecule is CN(C)CCNc1cccc2[nH]c(=O)c(-c3nc4ccccc4[nH]3)c(N)c12. The number of fused-ring (bicyclic) bond motifs is 2. The Kier molecular flexibility index (Phi) is 4.29. The van der Waals surface area contributed by atoms with Crippen LogP contribution in [0.15, 0.2) is 47.3 Å². The molecule has 0 fully saturated rings. The van der Waals surface area contributed by atoms with Crippen molar-refractivity contribution < 1.29 is 0 Å². The summed E-state index contributed by atoms with van der Waals surface area (Å²) in [6.07, 6.45) is 0. The lowest BCUT2D eigenvalue weighted by molar-refractivity contribution is 0.425. The molecule has 27 heavy (non-hydrogen) atoms. The van der Waals surface area contributed by atoms with Crippen molar-refractivity contribution >= 4 is 33.3 Å². The van der Waals surface area contributed by atoms with E-state index < -0.39 is 0 Å². The monoisotopic (exact) mass is 362 g/mol. The third-order valence-corrected chi connectivity index (χ3v) is 4.58. The molecule has 0 atom stereocenters. The molecule has 7 nitrogen and oxygen atoms in total. The fraction of sp³-hybridized carbons (Fsp3) is 0.200. The number of aromatic amines is 2. The van der Waals surface area contributed by atoms with Crippen molar-refractivity contribution in [2.24, 2.45) is 0 Å². The summed E-state index contributed by atoms with van der Waals surface area (Å²) in [7, 11) is 4.05. The van der Waals surface area contributed by atoms with Crippen LogP contribution in [0, 0.1) is 0 Å². The molecule has 0 radical (unpaired) electrons. The minimum atomic E-state index is -0.260. The zero-order chi connectivity index (χ0) is 19.0. The zero-order valence-corrected chi connectivity index (χ0v) is 15.3. The highest BCUT2D eigenvalue weighted by molar-refractivity contribution is 6.05. The molecule has 138 valence electrons. The average Bonchev–Trinajstić information content (AvgIpc) is 3.04. The number of hydrogen-bond donors (Lipinski definition) is 4. The molecule has 0 spiro atoms. The van der Waals surface area contributed by atoms with E-state index in [1.165, 1.54) is 0 Å². The molecule has 7 heteroatoms. The van der Waals surface area contributed by atoms with Gasteiger partial charge in [0.25, 0.3) is 5.56 Å². The predicted molar refractivity (Wildman–Crippen MR) is 111 cm³/mol. The number of nitrogen functional groups attached to an aromatic ring is 1. The van der Waals surface area contributed by atoms with Crippen LogP contribution in [0.3, 0.4) is 0 Å². The molecular weight excluding hydrogens is 340 g/mol. The summed E-state index contributed by atoms with van der Waals surface area (Å²) >= 11 is 0. The van der Waals surface area contributed by atoms with Gasteiger partial charge in [-0.15, -0.1) is 0 Å². The highest BCUT2D eigenvalue weighted by atomic mass is 16.1. The maximum Gasteiger partial charge on any atom is 0.261 e. The largest absolute Gasteiger partial charge is 0.397 e. The molecule has 5 N–H and O–H groups in total. The third kappa shape index (κ3) is 3.13. The maximum atomic E-state index is 12.7. The number of H-pyrrole nitrogens is 2. The average molecular weight is 362 g/mol. The number of para-hydroxylation sites is 2. The molecule has 4 rings (SSSR count). The molecule has 0 bridgehead atoms. The Morgan fingerprint density at radius 3 is 2.63 bits per heavy atom. The van der Waals surface area contributed by atoms with Crippen LogP contribution < -0.4 is 16.6 Å². The summed E-state index contributed by atoms with van der Waals surface area (Å²) < 4.78 is 0. The quantitative estimate of drug-likeness (QED) is 0.437. The van der Waals surface area contributed by atoms with Gasteiger partial charge in [0.1, 0.15) is 11.4 Å². The van der Waals surface area contributed by atoms with Gasteiger partial charge in [0.15, 0.2) is 0 Å². The maximum absolute atomic E-state index is 12.7. The van der Waals surface area contributed by atoms with E-state index in [1.807, 2.05) is 56.6 Å². The Morgan fingerprint density at radius 1 is 1.07 bits per heavy atom. The van der Waals surface area contributed by atoms with E-state index in [9.17, 15) is 4.79 Å². The Bertz CT molecular complexity index is 1140. The number of pyridine rings is 1. The zero-order valence-electron chi connectivity index (χ0n) is 15.3. The summed E-state index contributed by atoms with van der Waals surface area (Å²) in [4.78, 5) is 25.5. The topological polar surface area (TPSA) is 103 Å². The summed E-state index contributed by atoms with van der Waals surface area (Å²) in [6.45, 7) is 1.65. The van der Waals surface area contributed by atoms with Gasteiger partial charge >= 0.3 is 0 Å². The Labute approximate surface area is 156 Å². The molecule has 0 aliphatic rings. The molecule has 4 aromatic rings. The van der Waals surface area contributed by atoms with Crippen molar-refractivity contribution in [3.05, 3.63) is 52.8 Å². The van der Waals surface area contributed by atoms with Crippen molar-refractivity contribution in [1.29, 1.82) is 0 Å².